The molecule has 1 aromatic rings. The van der Waals surface area contributed by atoms with E-state index in [1.54, 1.807) is 6.07 Å². The van der Waals surface area contributed by atoms with Gasteiger partial charge in [0.05, 0.1) is 11.7 Å². The van der Waals surface area contributed by atoms with E-state index in [0.29, 0.717) is 23.8 Å². The molecule has 4 N–H and O–H groups in total. The Morgan fingerprint density at radius 2 is 2.10 bits per heavy atom. The molecule has 4 heteroatoms. The molecular formula is C25H35NO3. The summed E-state index contributed by atoms with van der Waals surface area (Å²) in [5.41, 5.74) is 7.75. The first-order chi connectivity index (χ1) is 13.8. The number of carbonyl (C=O) groups excluding carboxylic acids is 1. The van der Waals surface area contributed by atoms with Crippen LogP contribution in [0.5, 0.6) is 0 Å². The van der Waals surface area contributed by atoms with Crippen LogP contribution in [0.2, 0.25) is 0 Å². The standard InChI is InChI=1S/C25H35NO3/c1-3-4-11-25(2,29)12-7-10-21-22-15-17(14-19(22)16-23(21)27)13-18-8-5-6-9-20(18)24(26)28/h5-10,14,19,21-23,27,29H,3-4,11-13,15-16H2,1-2H3,(H2,26,28)/b10-7+/t19-,21+,22-,23+,25-/m0/s1. The normalized spacial score (nSPS) is 28.3. The van der Waals surface area contributed by atoms with Crippen molar-refractivity contribution in [2.24, 2.45) is 23.5 Å². The molecule has 5 atom stereocenters. The van der Waals surface area contributed by atoms with Gasteiger partial charge in [-0.3, -0.25) is 4.79 Å². The molecule has 29 heavy (non-hydrogen) atoms. The van der Waals surface area contributed by atoms with Gasteiger partial charge in [-0.05, 0) is 62.5 Å². The third kappa shape index (κ3) is 5.37. The molecule has 0 spiro atoms. The highest BCUT2D eigenvalue weighted by Gasteiger charge is 2.43. The monoisotopic (exact) mass is 397 g/mol. The van der Waals surface area contributed by atoms with E-state index in [2.05, 4.69) is 25.2 Å². The molecule has 0 aromatic heterocycles. The van der Waals surface area contributed by atoms with Crippen LogP contribution in [0.25, 0.3) is 0 Å². The van der Waals surface area contributed by atoms with Gasteiger partial charge in [-0.25, -0.2) is 0 Å². The molecule has 4 nitrogen and oxygen atoms in total. The maximum atomic E-state index is 11.7. The van der Waals surface area contributed by atoms with E-state index < -0.39 is 5.60 Å². The summed E-state index contributed by atoms with van der Waals surface area (Å²) in [4.78, 5) is 11.7. The molecular weight excluding hydrogens is 362 g/mol. The summed E-state index contributed by atoms with van der Waals surface area (Å²) in [6.07, 6.45) is 12.2. The van der Waals surface area contributed by atoms with Crippen LogP contribution in [0.4, 0.5) is 0 Å². The second-order valence-electron chi connectivity index (χ2n) is 9.17. The Balaban J connectivity index is 1.62. The van der Waals surface area contributed by atoms with Crippen molar-refractivity contribution in [1.82, 2.24) is 0 Å². The van der Waals surface area contributed by atoms with E-state index in [4.69, 9.17) is 5.73 Å². The SMILES string of the molecule is CCCC[C@](C)(O)C/C=C/[C@@H]1[C@H]2CC(Cc3ccccc3C(N)=O)=C[C@H]2C[C@H]1O. The molecule has 2 aliphatic rings. The van der Waals surface area contributed by atoms with Crippen molar-refractivity contribution >= 4 is 5.91 Å². The Morgan fingerprint density at radius 1 is 1.34 bits per heavy atom. The summed E-state index contributed by atoms with van der Waals surface area (Å²) >= 11 is 0. The van der Waals surface area contributed by atoms with Crippen LogP contribution in [0.3, 0.4) is 0 Å². The summed E-state index contributed by atoms with van der Waals surface area (Å²) in [5, 5.41) is 21.0. The molecule has 3 rings (SSSR count). The minimum atomic E-state index is -0.674. The van der Waals surface area contributed by atoms with Crippen LogP contribution in [-0.2, 0) is 6.42 Å². The molecule has 0 heterocycles. The van der Waals surface area contributed by atoms with E-state index in [9.17, 15) is 15.0 Å². The van der Waals surface area contributed by atoms with Gasteiger partial charge in [0.2, 0.25) is 5.91 Å². The van der Waals surface area contributed by atoms with Crippen molar-refractivity contribution < 1.29 is 15.0 Å². The van der Waals surface area contributed by atoms with Crippen molar-refractivity contribution in [2.45, 2.75) is 70.5 Å². The molecule has 0 aliphatic heterocycles. The topological polar surface area (TPSA) is 83.5 Å². The predicted octanol–water partition coefficient (Wildman–Crippen LogP) is 4.16. The Kier molecular flexibility index (Phi) is 6.97. The summed E-state index contributed by atoms with van der Waals surface area (Å²) < 4.78 is 0. The third-order valence-electron chi connectivity index (χ3n) is 6.64. The van der Waals surface area contributed by atoms with E-state index in [-0.39, 0.29) is 17.9 Å². The third-order valence-corrected chi connectivity index (χ3v) is 6.64. The number of carbonyl (C=O) groups is 1. The molecule has 0 saturated heterocycles. The average molecular weight is 398 g/mol. The number of hydrogen-bond donors (Lipinski definition) is 3. The van der Waals surface area contributed by atoms with Crippen molar-refractivity contribution in [2.75, 3.05) is 0 Å². The minimum absolute atomic E-state index is 0.127. The maximum Gasteiger partial charge on any atom is 0.248 e. The lowest BCUT2D eigenvalue weighted by Crippen LogP contribution is -2.23. The van der Waals surface area contributed by atoms with Gasteiger partial charge in [-0.15, -0.1) is 0 Å². The smallest absolute Gasteiger partial charge is 0.248 e. The number of fused-ring (bicyclic) bond motifs is 1. The zero-order chi connectivity index (χ0) is 21.0. The molecule has 1 fully saturated rings. The van der Waals surface area contributed by atoms with Gasteiger partial charge in [0.15, 0.2) is 0 Å². The zero-order valence-corrected chi connectivity index (χ0v) is 17.7. The number of amides is 1. The summed E-state index contributed by atoms with van der Waals surface area (Å²) in [6.45, 7) is 4.03. The highest BCUT2D eigenvalue weighted by atomic mass is 16.3. The lowest BCUT2D eigenvalue weighted by molar-refractivity contribution is 0.0513. The largest absolute Gasteiger partial charge is 0.392 e. The molecule has 1 amide bonds. The first-order valence-corrected chi connectivity index (χ1v) is 10.9. The molecule has 0 radical (unpaired) electrons. The van der Waals surface area contributed by atoms with E-state index in [0.717, 1.165) is 44.1 Å². The highest BCUT2D eigenvalue weighted by molar-refractivity contribution is 5.94. The van der Waals surface area contributed by atoms with Gasteiger partial charge in [-0.2, -0.15) is 0 Å². The fourth-order valence-corrected chi connectivity index (χ4v) is 5.03. The van der Waals surface area contributed by atoms with Crippen molar-refractivity contribution in [3.63, 3.8) is 0 Å². The minimum Gasteiger partial charge on any atom is -0.392 e. The summed E-state index contributed by atoms with van der Waals surface area (Å²) in [5.74, 6) is 0.529. The number of unbranched alkanes of at least 4 members (excludes halogenated alkanes) is 1. The van der Waals surface area contributed by atoms with Crippen LogP contribution in [-0.4, -0.2) is 27.8 Å². The van der Waals surface area contributed by atoms with Gasteiger partial charge in [0, 0.05) is 11.5 Å². The Bertz CT molecular complexity index is 780. The fourth-order valence-electron chi connectivity index (χ4n) is 5.03. The fraction of sp³-hybridized carbons (Fsp3) is 0.560. The molecule has 2 aliphatic carbocycles. The molecule has 0 bridgehead atoms. The van der Waals surface area contributed by atoms with Gasteiger partial charge >= 0.3 is 0 Å². The van der Waals surface area contributed by atoms with Crippen molar-refractivity contribution in [3.05, 3.63) is 59.2 Å². The average Bonchev–Trinajstić information content (AvgIpc) is 3.17. The zero-order valence-electron chi connectivity index (χ0n) is 17.7. The maximum absolute atomic E-state index is 11.7. The highest BCUT2D eigenvalue weighted by Crippen LogP contribution is 2.48. The van der Waals surface area contributed by atoms with E-state index in [1.807, 2.05) is 25.1 Å². The van der Waals surface area contributed by atoms with Crippen molar-refractivity contribution in [3.8, 4) is 0 Å². The Morgan fingerprint density at radius 3 is 2.83 bits per heavy atom. The van der Waals surface area contributed by atoms with Gasteiger partial charge in [0.1, 0.15) is 0 Å². The number of benzene rings is 1. The predicted molar refractivity (Wildman–Crippen MR) is 116 cm³/mol. The van der Waals surface area contributed by atoms with E-state index >= 15 is 0 Å². The number of primary amides is 1. The quantitative estimate of drug-likeness (QED) is 0.547. The van der Waals surface area contributed by atoms with Crippen molar-refractivity contribution in [1.29, 1.82) is 0 Å². The number of aliphatic hydroxyl groups is 2. The number of aliphatic hydroxyl groups excluding tert-OH is 1. The number of hydrogen-bond acceptors (Lipinski definition) is 3. The molecule has 0 unspecified atom stereocenters. The molecule has 1 saturated carbocycles. The summed E-state index contributed by atoms with van der Waals surface area (Å²) in [7, 11) is 0. The Hall–Kier alpha value is -1.91. The van der Waals surface area contributed by atoms with Crippen LogP contribution >= 0.6 is 0 Å². The number of nitrogens with two attached hydrogens (primary N) is 1. The van der Waals surface area contributed by atoms with Crippen LogP contribution < -0.4 is 5.73 Å². The number of rotatable bonds is 9. The lowest BCUT2D eigenvalue weighted by Gasteiger charge is -2.22. The second-order valence-corrected chi connectivity index (χ2v) is 9.17. The van der Waals surface area contributed by atoms with Gasteiger partial charge in [-0.1, -0.05) is 61.8 Å². The molecule has 158 valence electrons. The van der Waals surface area contributed by atoms with Crippen LogP contribution in [0.15, 0.2) is 48.1 Å². The van der Waals surface area contributed by atoms with Crippen LogP contribution in [0.1, 0.15) is 68.3 Å². The van der Waals surface area contributed by atoms with E-state index in [1.165, 1.54) is 5.57 Å². The first-order valence-electron chi connectivity index (χ1n) is 10.9. The lowest BCUT2D eigenvalue weighted by atomic mass is 9.87. The van der Waals surface area contributed by atoms with Crippen LogP contribution in [0, 0.1) is 17.8 Å². The van der Waals surface area contributed by atoms with Gasteiger partial charge < -0.3 is 15.9 Å². The van der Waals surface area contributed by atoms with Gasteiger partial charge in [0.25, 0.3) is 0 Å². The first kappa shape index (κ1) is 21.8. The second kappa shape index (κ2) is 9.27. The molecule has 1 aromatic carbocycles. The Labute approximate surface area is 174 Å². The summed E-state index contributed by atoms with van der Waals surface area (Å²) in [6, 6.07) is 7.54. The number of allylic oxidation sites excluding steroid dienone is 2.